The lowest BCUT2D eigenvalue weighted by atomic mass is 10.2. The smallest absolute Gasteiger partial charge is 0.266 e. The molecule has 1 aromatic carbocycles. The average Bonchev–Trinajstić information content (AvgIpc) is 2.73. The first-order valence-corrected chi connectivity index (χ1v) is 8.35. The van der Waals surface area contributed by atoms with Crippen molar-refractivity contribution in [2.24, 2.45) is 0 Å². The summed E-state index contributed by atoms with van der Waals surface area (Å²) in [6.45, 7) is 6.90. The minimum absolute atomic E-state index is 0.0347. The molecule has 20 heavy (non-hydrogen) atoms. The third-order valence-corrected chi connectivity index (χ3v) is 5.06. The maximum absolute atomic E-state index is 12.7. The molecule has 2 rings (SSSR count). The standard InChI is InChI=1S/C15H19BrN2OS/c1-4-8-18(9(2)3)15(19)14-13(17)12-10(16)6-5-7-11(12)20-14/h5-7,9H,4,8,17H2,1-3H3. The first-order chi connectivity index (χ1) is 9.47. The molecule has 108 valence electrons. The van der Waals surface area contributed by atoms with Gasteiger partial charge in [0, 0.05) is 27.1 Å². The van der Waals surface area contributed by atoms with Crippen LogP contribution in [0.4, 0.5) is 5.69 Å². The van der Waals surface area contributed by atoms with E-state index < -0.39 is 0 Å². The van der Waals surface area contributed by atoms with Crippen molar-refractivity contribution in [2.75, 3.05) is 12.3 Å². The zero-order valence-corrected chi connectivity index (χ0v) is 14.3. The van der Waals surface area contributed by atoms with Crippen LogP contribution < -0.4 is 5.73 Å². The molecule has 0 saturated heterocycles. The van der Waals surface area contributed by atoms with Gasteiger partial charge in [-0.3, -0.25) is 4.79 Å². The molecule has 2 aromatic rings. The number of fused-ring (bicyclic) bond motifs is 1. The van der Waals surface area contributed by atoms with Crippen LogP contribution in [0.15, 0.2) is 22.7 Å². The molecule has 0 aliphatic rings. The van der Waals surface area contributed by atoms with Gasteiger partial charge in [-0.25, -0.2) is 0 Å². The third kappa shape index (κ3) is 2.69. The second-order valence-corrected chi connectivity index (χ2v) is 6.96. The topological polar surface area (TPSA) is 46.3 Å². The van der Waals surface area contributed by atoms with Crippen LogP contribution in [0.5, 0.6) is 0 Å². The number of hydrogen-bond acceptors (Lipinski definition) is 3. The molecule has 0 saturated carbocycles. The van der Waals surface area contributed by atoms with E-state index >= 15 is 0 Å². The lowest BCUT2D eigenvalue weighted by Crippen LogP contribution is -2.37. The van der Waals surface area contributed by atoms with Gasteiger partial charge in [0.25, 0.3) is 5.91 Å². The number of carbonyl (C=O) groups excluding carboxylic acids is 1. The van der Waals surface area contributed by atoms with Crippen LogP contribution in [0, 0.1) is 0 Å². The maximum Gasteiger partial charge on any atom is 0.266 e. The van der Waals surface area contributed by atoms with Gasteiger partial charge >= 0.3 is 0 Å². The minimum atomic E-state index is 0.0347. The van der Waals surface area contributed by atoms with Gasteiger partial charge in [0.1, 0.15) is 4.88 Å². The zero-order chi connectivity index (χ0) is 14.9. The number of rotatable bonds is 4. The average molecular weight is 355 g/mol. The highest BCUT2D eigenvalue weighted by molar-refractivity contribution is 9.10. The number of carbonyl (C=O) groups is 1. The van der Waals surface area contributed by atoms with Crippen LogP contribution in [-0.2, 0) is 0 Å². The van der Waals surface area contributed by atoms with Gasteiger partial charge in [-0.15, -0.1) is 11.3 Å². The molecule has 1 aromatic heterocycles. The van der Waals surface area contributed by atoms with E-state index in [1.54, 1.807) is 0 Å². The van der Waals surface area contributed by atoms with Crippen molar-refractivity contribution in [3.8, 4) is 0 Å². The van der Waals surface area contributed by atoms with Crippen LogP contribution in [0.25, 0.3) is 10.1 Å². The van der Waals surface area contributed by atoms with Crippen molar-refractivity contribution in [3.05, 3.63) is 27.5 Å². The van der Waals surface area contributed by atoms with Crippen molar-refractivity contribution >= 4 is 48.9 Å². The van der Waals surface area contributed by atoms with Crippen molar-refractivity contribution in [2.45, 2.75) is 33.2 Å². The minimum Gasteiger partial charge on any atom is -0.397 e. The monoisotopic (exact) mass is 354 g/mol. The summed E-state index contributed by atoms with van der Waals surface area (Å²) in [4.78, 5) is 15.3. The Hall–Kier alpha value is -1.07. The number of anilines is 1. The summed E-state index contributed by atoms with van der Waals surface area (Å²) in [6.07, 6.45) is 0.943. The SMILES string of the molecule is CCCN(C(=O)c1sc2cccc(Br)c2c1N)C(C)C. The Morgan fingerprint density at radius 1 is 1.45 bits per heavy atom. The molecule has 0 bridgehead atoms. The summed E-state index contributed by atoms with van der Waals surface area (Å²) in [6, 6.07) is 6.09. The van der Waals surface area contributed by atoms with Crippen molar-refractivity contribution in [1.82, 2.24) is 4.90 Å². The van der Waals surface area contributed by atoms with Crippen LogP contribution in [0.3, 0.4) is 0 Å². The second-order valence-electron chi connectivity index (χ2n) is 5.05. The predicted octanol–water partition coefficient (Wildman–Crippen LogP) is 4.51. The molecule has 3 nitrogen and oxygen atoms in total. The molecule has 0 unspecified atom stereocenters. The summed E-state index contributed by atoms with van der Waals surface area (Å²) >= 11 is 4.98. The number of nitrogens with zero attached hydrogens (tertiary/aromatic N) is 1. The number of hydrogen-bond donors (Lipinski definition) is 1. The molecule has 0 radical (unpaired) electrons. The summed E-state index contributed by atoms with van der Waals surface area (Å²) in [5.41, 5.74) is 6.79. The van der Waals surface area contributed by atoms with E-state index in [0.29, 0.717) is 10.6 Å². The van der Waals surface area contributed by atoms with Gasteiger partial charge in [-0.05, 0) is 32.4 Å². The van der Waals surface area contributed by atoms with Gasteiger partial charge in [-0.1, -0.05) is 28.9 Å². The summed E-state index contributed by atoms with van der Waals surface area (Å²) in [5, 5.41) is 0.945. The van der Waals surface area contributed by atoms with Gasteiger partial charge in [0.2, 0.25) is 0 Å². The summed E-state index contributed by atoms with van der Waals surface area (Å²) in [5.74, 6) is 0.0347. The fourth-order valence-electron chi connectivity index (χ4n) is 2.25. The normalized spacial score (nSPS) is 11.2. The molecule has 5 heteroatoms. The summed E-state index contributed by atoms with van der Waals surface area (Å²) < 4.78 is 1.98. The molecule has 1 heterocycles. The Balaban J connectivity index is 2.49. The largest absolute Gasteiger partial charge is 0.397 e. The number of benzene rings is 1. The number of nitrogens with two attached hydrogens (primary N) is 1. The van der Waals surface area contributed by atoms with Crippen molar-refractivity contribution in [1.29, 1.82) is 0 Å². The van der Waals surface area contributed by atoms with Crippen LogP contribution in [0.1, 0.15) is 36.9 Å². The van der Waals surface area contributed by atoms with Gasteiger partial charge in [0.15, 0.2) is 0 Å². The predicted molar refractivity (Wildman–Crippen MR) is 90.4 cm³/mol. The van der Waals surface area contributed by atoms with Crippen molar-refractivity contribution < 1.29 is 4.79 Å². The van der Waals surface area contributed by atoms with Gasteiger partial charge in [-0.2, -0.15) is 0 Å². The molecule has 1 amide bonds. The quantitative estimate of drug-likeness (QED) is 0.877. The molecular formula is C15H19BrN2OS. The Morgan fingerprint density at radius 3 is 2.70 bits per heavy atom. The number of nitrogen functional groups attached to an aromatic ring is 1. The van der Waals surface area contributed by atoms with E-state index in [2.05, 4.69) is 22.9 Å². The Kier molecular flexibility index (Phi) is 4.70. The fraction of sp³-hybridized carbons (Fsp3) is 0.400. The highest BCUT2D eigenvalue weighted by Crippen LogP contribution is 2.38. The van der Waals surface area contributed by atoms with Crippen LogP contribution in [0.2, 0.25) is 0 Å². The van der Waals surface area contributed by atoms with Gasteiger partial charge < -0.3 is 10.6 Å². The lowest BCUT2D eigenvalue weighted by molar-refractivity contribution is 0.0712. The fourth-order valence-corrected chi connectivity index (χ4v) is 4.07. The van der Waals surface area contributed by atoms with Gasteiger partial charge in [0.05, 0.1) is 5.69 Å². The van der Waals surface area contributed by atoms with E-state index in [-0.39, 0.29) is 11.9 Å². The van der Waals surface area contributed by atoms with Crippen molar-refractivity contribution in [3.63, 3.8) is 0 Å². The maximum atomic E-state index is 12.7. The van der Waals surface area contributed by atoms with Crippen LogP contribution in [-0.4, -0.2) is 23.4 Å². The lowest BCUT2D eigenvalue weighted by Gasteiger charge is -2.26. The second kappa shape index (κ2) is 6.14. The number of thiophene rings is 1. The zero-order valence-electron chi connectivity index (χ0n) is 11.9. The highest BCUT2D eigenvalue weighted by atomic mass is 79.9. The van der Waals surface area contributed by atoms with E-state index in [9.17, 15) is 4.79 Å². The third-order valence-electron chi connectivity index (χ3n) is 3.24. The Bertz CT molecular complexity index is 636. The first-order valence-electron chi connectivity index (χ1n) is 6.74. The number of halogens is 1. The Morgan fingerprint density at radius 2 is 2.15 bits per heavy atom. The number of amides is 1. The molecule has 2 N–H and O–H groups in total. The van der Waals surface area contributed by atoms with Crippen LogP contribution >= 0.6 is 27.3 Å². The van der Waals surface area contributed by atoms with E-state index in [1.807, 2.05) is 36.9 Å². The first kappa shape index (κ1) is 15.3. The van der Waals surface area contributed by atoms with E-state index in [0.717, 1.165) is 27.5 Å². The van der Waals surface area contributed by atoms with E-state index in [4.69, 9.17) is 5.73 Å². The van der Waals surface area contributed by atoms with E-state index in [1.165, 1.54) is 11.3 Å². The molecule has 0 fully saturated rings. The highest BCUT2D eigenvalue weighted by Gasteiger charge is 2.24. The molecular weight excluding hydrogens is 336 g/mol. The molecule has 0 spiro atoms. The molecule has 0 aliphatic carbocycles. The summed E-state index contributed by atoms with van der Waals surface area (Å²) in [7, 11) is 0. The molecule has 0 aliphatic heterocycles. The Labute approximate surface area is 131 Å². The molecule has 0 atom stereocenters.